The Morgan fingerprint density at radius 2 is 2.05 bits per heavy atom. The normalized spacial score (nSPS) is 10.0. The summed E-state index contributed by atoms with van der Waals surface area (Å²) in [7, 11) is 3.40. The maximum Gasteiger partial charge on any atom is 0.254 e. The minimum atomic E-state index is -0.273. The number of hydrogen-bond acceptors (Lipinski definition) is 4. The summed E-state index contributed by atoms with van der Waals surface area (Å²) in [5.41, 5.74) is 5.61. The van der Waals surface area contributed by atoms with Crippen molar-refractivity contribution in [1.29, 1.82) is 0 Å². The molecule has 0 atom stereocenters. The van der Waals surface area contributed by atoms with Gasteiger partial charge in [0.1, 0.15) is 5.82 Å². The number of anilines is 1. The Labute approximate surface area is 113 Å². The number of primary amides is 1. The third-order valence-electron chi connectivity index (χ3n) is 2.57. The van der Waals surface area contributed by atoms with Crippen molar-refractivity contribution in [2.45, 2.75) is 19.3 Å². The first kappa shape index (κ1) is 14.9. The van der Waals surface area contributed by atoms with Crippen molar-refractivity contribution in [3.63, 3.8) is 0 Å². The number of aromatic nitrogens is 1. The molecule has 0 unspecified atom stereocenters. The summed E-state index contributed by atoms with van der Waals surface area (Å²) in [5, 5.41) is 3.13. The van der Waals surface area contributed by atoms with E-state index >= 15 is 0 Å². The van der Waals surface area contributed by atoms with Gasteiger partial charge in [-0.15, -0.1) is 0 Å². The number of carbonyl (C=O) groups is 2. The number of nitrogens with one attached hydrogen (secondary N) is 1. The van der Waals surface area contributed by atoms with E-state index < -0.39 is 0 Å². The fraction of sp³-hybridized carbons (Fsp3) is 0.462. The third-order valence-corrected chi connectivity index (χ3v) is 2.57. The minimum Gasteiger partial charge on any atom is -0.370 e. The van der Waals surface area contributed by atoms with Crippen molar-refractivity contribution in [3.8, 4) is 0 Å². The van der Waals surface area contributed by atoms with Crippen LogP contribution >= 0.6 is 0 Å². The largest absolute Gasteiger partial charge is 0.370 e. The van der Waals surface area contributed by atoms with Crippen LogP contribution in [0.15, 0.2) is 18.3 Å². The zero-order valence-corrected chi connectivity index (χ0v) is 11.3. The molecule has 0 fully saturated rings. The van der Waals surface area contributed by atoms with Gasteiger partial charge in [-0.3, -0.25) is 9.59 Å². The van der Waals surface area contributed by atoms with E-state index in [0.717, 1.165) is 25.2 Å². The van der Waals surface area contributed by atoms with Crippen molar-refractivity contribution in [2.75, 3.05) is 26.0 Å². The van der Waals surface area contributed by atoms with Crippen LogP contribution in [0.4, 0.5) is 5.82 Å². The summed E-state index contributed by atoms with van der Waals surface area (Å²) in [6, 6.07) is 3.51. The van der Waals surface area contributed by atoms with Gasteiger partial charge in [-0.1, -0.05) is 0 Å². The molecular formula is C13H20N4O2. The first-order valence-corrected chi connectivity index (χ1v) is 6.20. The molecule has 0 aliphatic carbocycles. The fourth-order valence-corrected chi connectivity index (χ4v) is 1.52. The SMILES string of the molecule is CN(C)C(=O)c1ccc(NCCCCC(N)=O)nc1. The summed E-state index contributed by atoms with van der Waals surface area (Å²) in [5.74, 6) is 0.375. The number of hydrogen-bond donors (Lipinski definition) is 2. The summed E-state index contributed by atoms with van der Waals surface area (Å²) in [4.78, 5) is 27.9. The van der Waals surface area contributed by atoms with E-state index in [4.69, 9.17) is 5.73 Å². The van der Waals surface area contributed by atoms with Crippen molar-refractivity contribution < 1.29 is 9.59 Å². The molecule has 1 aromatic rings. The lowest BCUT2D eigenvalue weighted by Gasteiger charge is -2.10. The summed E-state index contributed by atoms with van der Waals surface area (Å²) >= 11 is 0. The Kier molecular flexibility index (Phi) is 5.78. The molecule has 1 heterocycles. The van der Waals surface area contributed by atoms with Gasteiger partial charge in [0.25, 0.3) is 5.91 Å². The van der Waals surface area contributed by atoms with Crippen molar-refractivity contribution >= 4 is 17.6 Å². The Hall–Kier alpha value is -2.11. The highest BCUT2D eigenvalue weighted by atomic mass is 16.2. The zero-order chi connectivity index (χ0) is 14.3. The van der Waals surface area contributed by atoms with Crippen LogP contribution in [0.2, 0.25) is 0 Å². The van der Waals surface area contributed by atoms with Crippen LogP contribution in [0.1, 0.15) is 29.6 Å². The molecule has 104 valence electrons. The number of carbonyl (C=O) groups excluding carboxylic acids is 2. The van der Waals surface area contributed by atoms with Gasteiger partial charge in [-0.2, -0.15) is 0 Å². The predicted molar refractivity (Wildman–Crippen MR) is 73.8 cm³/mol. The van der Waals surface area contributed by atoms with Crippen LogP contribution in [0, 0.1) is 0 Å². The van der Waals surface area contributed by atoms with E-state index in [-0.39, 0.29) is 11.8 Å². The molecule has 19 heavy (non-hydrogen) atoms. The van der Waals surface area contributed by atoms with Crippen LogP contribution < -0.4 is 11.1 Å². The maximum atomic E-state index is 11.6. The monoisotopic (exact) mass is 264 g/mol. The second kappa shape index (κ2) is 7.35. The molecule has 3 N–H and O–H groups in total. The average molecular weight is 264 g/mol. The fourth-order valence-electron chi connectivity index (χ4n) is 1.52. The Balaban J connectivity index is 2.36. The number of nitrogens with zero attached hydrogens (tertiary/aromatic N) is 2. The van der Waals surface area contributed by atoms with Crippen LogP contribution in [0.5, 0.6) is 0 Å². The van der Waals surface area contributed by atoms with Crippen molar-refractivity contribution in [2.24, 2.45) is 5.73 Å². The average Bonchev–Trinajstić information content (AvgIpc) is 2.37. The number of amides is 2. The van der Waals surface area contributed by atoms with Crippen molar-refractivity contribution in [3.05, 3.63) is 23.9 Å². The highest BCUT2D eigenvalue weighted by molar-refractivity contribution is 5.93. The Morgan fingerprint density at radius 1 is 1.32 bits per heavy atom. The molecule has 1 aromatic heterocycles. The zero-order valence-electron chi connectivity index (χ0n) is 11.3. The standard InChI is InChI=1S/C13H20N4O2/c1-17(2)13(19)10-6-7-12(16-9-10)15-8-4-3-5-11(14)18/h6-7,9H,3-5,8H2,1-2H3,(H2,14,18)(H,15,16). The second-order valence-electron chi connectivity index (χ2n) is 4.48. The number of rotatable bonds is 7. The van der Waals surface area contributed by atoms with E-state index in [1.807, 2.05) is 0 Å². The van der Waals surface area contributed by atoms with Gasteiger partial charge in [0.15, 0.2) is 0 Å². The highest BCUT2D eigenvalue weighted by Crippen LogP contribution is 2.07. The predicted octanol–water partition coefficient (Wildman–Crippen LogP) is 0.851. The van der Waals surface area contributed by atoms with E-state index in [1.165, 1.54) is 4.90 Å². The van der Waals surface area contributed by atoms with Gasteiger partial charge in [-0.05, 0) is 25.0 Å². The van der Waals surface area contributed by atoms with Gasteiger partial charge in [0, 0.05) is 33.3 Å². The minimum absolute atomic E-state index is 0.0690. The molecule has 1 rings (SSSR count). The number of unbranched alkanes of at least 4 members (excludes halogenated alkanes) is 1. The lowest BCUT2D eigenvalue weighted by Crippen LogP contribution is -2.21. The smallest absolute Gasteiger partial charge is 0.254 e. The highest BCUT2D eigenvalue weighted by Gasteiger charge is 2.07. The van der Waals surface area contributed by atoms with E-state index in [2.05, 4.69) is 10.3 Å². The molecular weight excluding hydrogens is 244 g/mol. The maximum absolute atomic E-state index is 11.6. The van der Waals surface area contributed by atoms with Gasteiger partial charge >= 0.3 is 0 Å². The van der Waals surface area contributed by atoms with Gasteiger partial charge in [-0.25, -0.2) is 4.98 Å². The lowest BCUT2D eigenvalue weighted by atomic mass is 10.2. The van der Waals surface area contributed by atoms with Gasteiger partial charge in [0.05, 0.1) is 5.56 Å². The molecule has 2 amide bonds. The van der Waals surface area contributed by atoms with Crippen LogP contribution in [-0.2, 0) is 4.79 Å². The summed E-state index contributed by atoms with van der Waals surface area (Å²) in [6.45, 7) is 0.723. The van der Waals surface area contributed by atoms with Crippen LogP contribution in [0.25, 0.3) is 0 Å². The topological polar surface area (TPSA) is 88.3 Å². The quantitative estimate of drug-likeness (QED) is 0.715. The van der Waals surface area contributed by atoms with Crippen molar-refractivity contribution in [1.82, 2.24) is 9.88 Å². The molecule has 6 heteroatoms. The molecule has 0 aliphatic heterocycles. The summed E-state index contributed by atoms with van der Waals surface area (Å²) < 4.78 is 0. The van der Waals surface area contributed by atoms with Crippen LogP contribution in [0.3, 0.4) is 0 Å². The van der Waals surface area contributed by atoms with Gasteiger partial charge < -0.3 is 16.0 Å². The number of pyridine rings is 1. The summed E-state index contributed by atoms with van der Waals surface area (Å²) in [6.07, 6.45) is 3.57. The molecule has 0 bridgehead atoms. The lowest BCUT2D eigenvalue weighted by molar-refractivity contribution is -0.118. The molecule has 6 nitrogen and oxygen atoms in total. The molecule has 0 aromatic carbocycles. The van der Waals surface area contributed by atoms with Crippen LogP contribution in [-0.4, -0.2) is 42.3 Å². The van der Waals surface area contributed by atoms with E-state index in [9.17, 15) is 9.59 Å². The van der Waals surface area contributed by atoms with Gasteiger partial charge in [0.2, 0.25) is 5.91 Å². The molecule has 0 aliphatic rings. The molecule has 0 saturated heterocycles. The first-order valence-electron chi connectivity index (χ1n) is 6.20. The van der Waals surface area contributed by atoms with E-state index in [0.29, 0.717) is 12.0 Å². The molecule has 0 spiro atoms. The Morgan fingerprint density at radius 3 is 2.58 bits per heavy atom. The molecule has 0 radical (unpaired) electrons. The Bertz CT molecular complexity index is 429. The number of nitrogens with two attached hydrogens (primary N) is 1. The second-order valence-corrected chi connectivity index (χ2v) is 4.48. The third kappa shape index (κ3) is 5.37. The first-order chi connectivity index (χ1) is 9.00. The molecule has 0 saturated carbocycles. The van der Waals surface area contributed by atoms with E-state index in [1.54, 1.807) is 32.4 Å².